The SMILES string of the molecule is CCC[C@H](C)NC(=O)C[C@H](NS(C)(=O)=O)c1ccc(F)cc1. The van der Waals surface area contributed by atoms with Crippen LogP contribution in [0.4, 0.5) is 4.39 Å². The number of carbonyl (C=O) groups is 1. The first-order valence-corrected chi connectivity index (χ1v) is 9.12. The highest BCUT2D eigenvalue weighted by atomic mass is 32.2. The van der Waals surface area contributed by atoms with Gasteiger partial charge in [0, 0.05) is 12.5 Å². The summed E-state index contributed by atoms with van der Waals surface area (Å²) in [5.74, 6) is -0.658. The number of rotatable bonds is 8. The number of carbonyl (C=O) groups excluding carboxylic acids is 1. The molecule has 0 saturated carbocycles. The lowest BCUT2D eigenvalue weighted by Gasteiger charge is -2.19. The number of hydrogen-bond acceptors (Lipinski definition) is 3. The molecule has 1 amide bonds. The highest BCUT2D eigenvalue weighted by Gasteiger charge is 2.20. The Morgan fingerprint density at radius 1 is 1.27 bits per heavy atom. The minimum absolute atomic E-state index is 0.0320. The van der Waals surface area contributed by atoms with Crippen LogP contribution in [0.2, 0.25) is 0 Å². The van der Waals surface area contributed by atoms with Crippen LogP contribution < -0.4 is 10.0 Å². The lowest BCUT2D eigenvalue weighted by Crippen LogP contribution is -2.37. The molecule has 0 spiro atoms. The molecule has 2 N–H and O–H groups in total. The summed E-state index contributed by atoms with van der Waals surface area (Å²) in [5, 5.41) is 2.83. The number of hydrogen-bond donors (Lipinski definition) is 2. The van der Waals surface area contributed by atoms with Gasteiger partial charge >= 0.3 is 0 Å². The van der Waals surface area contributed by atoms with Crippen molar-refractivity contribution < 1.29 is 17.6 Å². The average Bonchev–Trinajstić information content (AvgIpc) is 2.37. The minimum atomic E-state index is -3.49. The summed E-state index contributed by atoms with van der Waals surface area (Å²) in [4.78, 5) is 12.0. The third-order valence-electron chi connectivity index (χ3n) is 3.15. The molecule has 0 saturated heterocycles. The van der Waals surface area contributed by atoms with E-state index in [0.717, 1.165) is 19.1 Å². The van der Waals surface area contributed by atoms with E-state index in [4.69, 9.17) is 0 Å². The normalized spacial score (nSPS) is 14.4. The number of nitrogens with one attached hydrogen (secondary N) is 2. The van der Waals surface area contributed by atoms with Gasteiger partial charge in [-0.25, -0.2) is 17.5 Å². The molecule has 7 heteroatoms. The molecule has 2 atom stereocenters. The first kappa shape index (κ1) is 18.6. The summed E-state index contributed by atoms with van der Waals surface area (Å²) >= 11 is 0. The van der Waals surface area contributed by atoms with E-state index in [0.29, 0.717) is 5.56 Å². The van der Waals surface area contributed by atoms with E-state index in [-0.39, 0.29) is 18.4 Å². The second-order valence-electron chi connectivity index (χ2n) is 5.46. The maximum Gasteiger partial charge on any atom is 0.222 e. The molecule has 0 heterocycles. The minimum Gasteiger partial charge on any atom is -0.354 e. The second-order valence-corrected chi connectivity index (χ2v) is 7.24. The van der Waals surface area contributed by atoms with Gasteiger partial charge in [-0.3, -0.25) is 4.79 Å². The van der Waals surface area contributed by atoms with E-state index >= 15 is 0 Å². The molecule has 0 fully saturated rings. The number of halogens is 1. The van der Waals surface area contributed by atoms with Crippen LogP contribution in [0.1, 0.15) is 44.7 Å². The van der Waals surface area contributed by atoms with Crippen LogP contribution in [0.25, 0.3) is 0 Å². The molecule has 0 radical (unpaired) electrons. The lowest BCUT2D eigenvalue weighted by atomic mass is 10.0. The first-order valence-electron chi connectivity index (χ1n) is 7.23. The quantitative estimate of drug-likeness (QED) is 0.766. The smallest absolute Gasteiger partial charge is 0.222 e. The molecular formula is C15H23FN2O3S. The van der Waals surface area contributed by atoms with Crippen molar-refractivity contribution in [2.45, 2.75) is 45.2 Å². The van der Waals surface area contributed by atoms with E-state index in [9.17, 15) is 17.6 Å². The van der Waals surface area contributed by atoms with Crippen molar-refractivity contribution in [3.63, 3.8) is 0 Å². The monoisotopic (exact) mass is 330 g/mol. The van der Waals surface area contributed by atoms with Gasteiger partial charge < -0.3 is 5.32 Å². The van der Waals surface area contributed by atoms with Gasteiger partial charge in [0.2, 0.25) is 15.9 Å². The largest absolute Gasteiger partial charge is 0.354 e. The summed E-state index contributed by atoms with van der Waals surface area (Å²) in [6, 6.07) is 4.74. The predicted octanol–water partition coefficient (Wildman–Crippen LogP) is 2.11. The molecule has 0 aliphatic heterocycles. The molecule has 1 aromatic rings. The van der Waals surface area contributed by atoms with Crippen molar-refractivity contribution in [2.24, 2.45) is 0 Å². The molecule has 0 aliphatic carbocycles. The Labute approximate surface area is 131 Å². The summed E-state index contributed by atoms with van der Waals surface area (Å²) in [6.07, 6.45) is 2.80. The molecule has 5 nitrogen and oxygen atoms in total. The summed E-state index contributed by atoms with van der Waals surface area (Å²) < 4.78 is 38.3. The average molecular weight is 330 g/mol. The molecule has 124 valence electrons. The Hall–Kier alpha value is -1.47. The van der Waals surface area contributed by atoms with E-state index in [1.807, 2.05) is 13.8 Å². The van der Waals surface area contributed by atoms with Gasteiger partial charge in [-0.15, -0.1) is 0 Å². The Morgan fingerprint density at radius 3 is 2.36 bits per heavy atom. The Kier molecular flexibility index (Phi) is 6.96. The molecule has 22 heavy (non-hydrogen) atoms. The Bertz CT molecular complexity index is 587. The Balaban J connectivity index is 2.82. The van der Waals surface area contributed by atoms with Crippen molar-refractivity contribution in [1.29, 1.82) is 0 Å². The van der Waals surface area contributed by atoms with Gasteiger partial charge in [-0.05, 0) is 31.0 Å². The number of sulfonamides is 1. The zero-order valence-corrected chi connectivity index (χ0v) is 13.9. The fourth-order valence-corrected chi connectivity index (χ4v) is 2.94. The van der Waals surface area contributed by atoms with Crippen LogP contribution >= 0.6 is 0 Å². The van der Waals surface area contributed by atoms with E-state index in [1.165, 1.54) is 24.3 Å². The van der Waals surface area contributed by atoms with Gasteiger partial charge in [0.05, 0.1) is 12.3 Å². The lowest BCUT2D eigenvalue weighted by molar-refractivity contribution is -0.122. The van der Waals surface area contributed by atoms with Crippen LogP contribution in [0.15, 0.2) is 24.3 Å². The van der Waals surface area contributed by atoms with Crippen molar-refractivity contribution in [1.82, 2.24) is 10.0 Å². The molecule has 1 aromatic carbocycles. The highest BCUT2D eigenvalue weighted by molar-refractivity contribution is 7.88. The van der Waals surface area contributed by atoms with Gasteiger partial charge in [-0.2, -0.15) is 0 Å². The van der Waals surface area contributed by atoms with Crippen molar-refractivity contribution in [2.75, 3.05) is 6.26 Å². The standard InChI is InChI=1S/C15H23FN2O3S/c1-4-5-11(2)17-15(19)10-14(18-22(3,20)21)12-6-8-13(16)9-7-12/h6-9,11,14,18H,4-5,10H2,1-3H3,(H,17,19)/t11-,14-/m0/s1. The van der Waals surface area contributed by atoms with E-state index in [2.05, 4.69) is 10.0 Å². The van der Waals surface area contributed by atoms with Gasteiger partial charge in [-0.1, -0.05) is 25.5 Å². The van der Waals surface area contributed by atoms with Gasteiger partial charge in [0.1, 0.15) is 5.82 Å². The molecular weight excluding hydrogens is 307 g/mol. The summed E-state index contributed by atoms with van der Waals surface area (Å²) in [6.45, 7) is 3.92. The van der Waals surface area contributed by atoms with E-state index < -0.39 is 21.9 Å². The topological polar surface area (TPSA) is 75.3 Å². The number of benzene rings is 1. The third kappa shape index (κ3) is 7.00. The zero-order chi connectivity index (χ0) is 16.8. The maximum absolute atomic E-state index is 13.0. The number of amides is 1. The summed E-state index contributed by atoms with van der Waals surface area (Å²) in [7, 11) is -3.49. The first-order chi connectivity index (χ1) is 10.2. The molecule has 0 aromatic heterocycles. The van der Waals surface area contributed by atoms with Crippen LogP contribution in [0.3, 0.4) is 0 Å². The van der Waals surface area contributed by atoms with Gasteiger partial charge in [0.15, 0.2) is 0 Å². The predicted molar refractivity (Wildman–Crippen MR) is 84.3 cm³/mol. The van der Waals surface area contributed by atoms with Crippen LogP contribution in [0, 0.1) is 5.82 Å². The maximum atomic E-state index is 13.0. The fourth-order valence-electron chi connectivity index (χ4n) is 2.21. The summed E-state index contributed by atoms with van der Waals surface area (Å²) in [5.41, 5.74) is 0.546. The van der Waals surface area contributed by atoms with Crippen LogP contribution in [-0.4, -0.2) is 26.6 Å². The molecule has 1 rings (SSSR count). The zero-order valence-electron chi connectivity index (χ0n) is 13.1. The molecule has 0 aliphatic rings. The van der Waals surface area contributed by atoms with Crippen molar-refractivity contribution in [3.05, 3.63) is 35.6 Å². The van der Waals surface area contributed by atoms with Crippen LogP contribution in [-0.2, 0) is 14.8 Å². The highest BCUT2D eigenvalue weighted by Crippen LogP contribution is 2.18. The van der Waals surface area contributed by atoms with E-state index in [1.54, 1.807) is 0 Å². The van der Waals surface area contributed by atoms with Crippen molar-refractivity contribution in [3.8, 4) is 0 Å². The van der Waals surface area contributed by atoms with Crippen molar-refractivity contribution >= 4 is 15.9 Å². The fraction of sp³-hybridized carbons (Fsp3) is 0.533. The molecule has 0 unspecified atom stereocenters. The van der Waals surface area contributed by atoms with Gasteiger partial charge in [0.25, 0.3) is 0 Å². The molecule has 0 bridgehead atoms. The Morgan fingerprint density at radius 2 is 1.86 bits per heavy atom. The third-order valence-corrected chi connectivity index (χ3v) is 3.86. The van der Waals surface area contributed by atoms with Crippen LogP contribution in [0.5, 0.6) is 0 Å². The second kappa shape index (κ2) is 8.24.